The van der Waals surface area contributed by atoms with E-state index < -0.39 is 11.0 Å². The molecule has 2 amide bonds. The molecule has 2 spiro atoms. The Labute approximate surface area is 212 Å². The summed E-state index contributed by atoms with van der Waals surface area (Å²) in [5.41, 5.74) is 4.06. The van der Waals surface area contributed by atoms with Gasteiger partial charge in [0.2, 0.25) is 5.91 Å². The molecule has 1 aromatic rings. The fourth-order valence-electron chi connectivity index (χ4n) is 7.07. The van der Waals surface area contributed by atoms with Crippen molar-refractivity contribution in [2.75, 3.05) is 44.2 Å². The minimum absolute atomic E-state index is 0.147. The molecule has 4 heterocycles. The third-order valence-electron chi connectivity index (χ3n) is 8.73. The van der Waals surface area contributed by atoms with Crippen molar-refractivity contribution in [3.63, 3.8) is 0 Å². The van der Waals surface area contributed by atoms with Gasteiger partial charge in [-0.15, -0.1) is 0 Å². The third-order valence-corrected chi connectivity index (χ3v) is 8.73. The fourth-order valence-corrected chi connectivity index (χ4v) is 7.07. The fraction of sp³-hybridized carbons (Fsp3) is 0.704. The van der Waals surface area contributed by atoms with E-state index >= 15 is 0 Å². The van der Waals surface area contributed by atoms with Crippen LogP contribution in [0.2, 0.25) is 0 Å². The van der Waals surface area contributed by atoms with Crippen LogP contribution in [0.4, 0.5) is 10.5 Å². The smallest absolute Gasteiger partial charge is 0.410 e. The summed E-state index contributed by atoms with van der Waals surface area (Å²) in [6.45, 7) is 10.4. The Hall–Kier alpha value is -2.20. The highest BCUT2D eigenvalue weighted by Gasteiger charge is 2.60. The molecule has 196 valence electrons. The number of hydrogen-bond donors (Lipinski definition) is 1. The summed E-state index contributed by atoms with van der Waals surface area (Å²) in [5, 5.41) is 0. The lowest BCUT2D eigenvalue weighted by molar-refractivity contribution is -0.238. The number of ether oxygens (including phenoxy) is 1. The minimum atomic E-state index is -0.460. The van der Waals surface area contributed by atoms with Crippen LogP contribution in [0.25, 0.3) is 0 Å². The van der Waals surface area contributed by atoms with E-state index in [-0.39, 0.29) is 18.2 Å². The minimum Gasteiger partial charge on any atom is -0.444 e. The molecule has 1 saturated carbocycles. The Morgan fingerprint density at radius 2 is 1.89 bits per heavy atom. The highest BCUT2D eigenvalue weighted by atomic mass is 16.9. The zero-order chi connectivity index (χ0) is 25.1. The van der Waals surface area contributed by atoms with Crippen molar-refractivity contribution in [2.45, 2.75) is 70.1 Å². The molecule has 1 aliphatic carbocycles. The Kier molecular flexibility index (Phi) is 5.83. The molecule has 0 radical (unpaired) electrons. The molecule has 1 aromatic carbocycles. The van der Waals surface area contributed by atoms with Crippen molar-refractivity contribution < 1.29 is 24.0 Å². The van der Waals surface area contributed by atoms with E-state index in [0.717, 1.165) is 56.8 Å². The molecule has 6 rings (SSSR count). The van der Waals surface area contributed by atoms with Crippen LogP contribution in [0.3, 0.4) is 0 Å². The molecular weight excluding hydrogens is 460 g/mol. The van der Waals surface area contributed by atoms with Gasteiger partial charge in [-0.3, -0.25) is 19.4 Å². The van der Waals surface area contributed by atoms with Gasteiger partial charge in [0.25, 0.3) is 0 Å². The van der Waals surface area contributed by atoms with Crippen molar-refractivity contribution in [1.29, 1.82) is 0 Å². The van der Waals surface area contributed by atoms with Gasteiger partial charge in [0.05, 0.1) is 12.3 Å². The highest BCUT2D eigenvalue weighted by Crippen LogP contribution is 2.54. The Morgan fingerprint density at radius 1 is 1.17 bits per heavy atom. The summed E-state index contributed by atoms with van der Waals surface area (Å²) < 4.78 is 5.55. The molecule has 4 aliphatic heterocycles. The van der Waals surface area contributed by atoms with Crippen LogP contribution in [0, 0.1) is 11.3 Å². The predicted octanol–water partition coefficient (Wildman–Crippen LogP) is 3.20. The van der Waals surface area contributed by atoms with Crippen molar-refractivity contribution in [3.8, 4) is 0 Å². The van der Waals surface area contributed by atoms with Gasteiger partial charge in [0.15, 0.2) is 6.23 Å². The first-order chi connectivity index (χ1) is 17.2. The Balaban J connectivity index is 1.02. The van der Waals surface area contributed by atoms with Crippen LogP contribution in [-0.4, -0.2) is 73.0 Å². The van der Waals surface area contributed by atoms with Crippen molar-refractivity contribution >= 4 is 17.7 Å². The Morgan fingerprint density at radius 3 is 2.56 bits per heavy atom. The highest BCUT2D eigenvalue weighted by molar-refractivity contribution is 6.09. The number of nitrogens with zero attached hydrogens (tertiary/aromatic N) is 3. The lowest BCUT2D eigenvalue weighted by atomic mass is 9.57. The second kappa shape index (κ2) is 8.68. The number of carbonyl (C=O) groups is 2. The lowest BCUT2D eigenvalue weighted by Crippen LogP contribution is -2.66. The van der Waals surface area contributed by atoms with Gasteiger partial charge in [0, 0.05) is 39.1 Å². The zero-order valence-corrected chi connectivity index (χ0v) is 21.6. The average molecular weight is 499 g/mol. The number of para-hydroxylation sites is 1. The van der Waals surface area contributed by atoms with E-state index in [1.807, 2.05) is 48.8 Å². The van der Waals surface area contributed by atoms with Gasteiger partial charge in [0.1, 0.15) is 11.0 Å². The molecular formula is C27H38N4O5. The molecule has 9 nitrogen and oxygen atoms in total. The maximum absolute atomic E-state index is 13.7. The maximum Gasteiger partial charge on any atom is 0.410 e. The molecule has 0 bridgehead atoms. The average Bonchev–Trinajstić information content (AvgIpc) is 3.06. The number of amides is 2. The summed E-state index contributed by atoms with van der Waals surface area (Å²) in [7, 11) is 0. The van der Waals surface area contributed by atoms with Gasteiger partial charge in [-0.1, -0.05) is 23.8 Å². The van der Waals surface area contributed by atoms with Crippen molar-refractivity contribution in [1.82, 2.24) is 15.4 Å². The van der Waals surface area contributed by atoms with Gasteiger partial charge >= 0.3 is 6.09 Å². The summed E-state index contributed by atoms with van der Waals surface area (Å²) >= 11 is 0. The number of carbonyl (C=O) groups excluding carboxylic acids is 2. The predicted molar refractivity (Wildman–Crippen MR) is 133 cm³/mol. The normalized spacial score (nSPS) is 27.6. The standard InChI is InChI=1S/C27H38N4O5/c1-25(2,3)35-24(33)30-11-9-26(10-12-30)14-19(15-26)16-29-17-27(18-29)20-6-4-5-7-21(20)31(23(27)32)22-8-13-34-28-36-22/h4-7,19,22,28H,8-18H2,1-3H3. The van der Waals surface area contributed by atoms with E-state index in [9.17, 15) is 9.59 Å². The number of hydrogen-bond acceptors (Lipinski definition) is 7. The molecule has 36 heavy (non-hydrogen) atoms. The quantitative estimate of drug-likeness (QED) is 0.685. The summed E-state index contributed by atoms with van der Waals surface area (Å²) in [5.74, 6) is 0.814. The van der Waals surface area contributed by atoms with Crippen LogP contribution in [-0.2, 0) is 24.6 Å². The van der Waals surface area contributed by atoms with E-state index in [0.29, 0.717) is 24.4 Å². The number of rotatable bonds is 3. The summed E-state index contributed by atoms with van der Waals surface area (Å²) in [6.07, 6.45) is 4.67. The van der Waals surface area contributed by atoms with Crippen molar-refractivity contribution in [3.05, 3.63) is 29.8 Å². The maximum atomic E-state index is 13.7. The molecule has 1 N–H and O–H groups in total. The number of likely N-dealkylation sites (tertiary alicyclic amines) is 2. The first-order valence-electron chi connectivity index (χ1n) is 13.3. The van der Waals surface area contributed by atoms with Crippen LogP contribution < -0.4 is 10.5 Å². The topological polar surface area (TPSA) is 83.6 Å². The second-order valence-electron chi connectivity index (χ2n) is 12.5. The van der Waals surface area contributed by atoms with Crippen molar-refractivity contribution in [2.24, 2.45) is 11.3 Å². The molecule has 1 atom stereocenters. The first-order valence-corrected chi connectivity index (χ1v) is 13.3. The summed E-state index contributed by atoms with van der Waals surface area (Å²) in [4.78, 5) is 42.9. The monoisotopic (exact) mass is 498 g/mol. The molecule has 3 saturated heterocycles. The SMILES string of the molecule is CC(C)(C)OC(=O)N1CCC2(CC1)CC(CN1CC3(C1)C(=O)N(C1CCONO1)c1ccccc13)C2. The van der Waals surface area contributed by atoms with Gasteiger partial charge in [-0.25, -0.2) is 4.79 Å². The van der Waals surface area contributed by atoms with E-state index in [4.69, 9.17) is 14.4 Å². The first kappa shape index (κ1) is 24.2. The number of anilines is 1. The van der Waals surface area contributed by atoms with Gasteiger partial charge < -0.3 is 14.5 Å². The zero-order valence-electron chi connectivity index (χ0n) is 21.6. The number of fused-ring (bicyclic) bond motifs is 2. The van der Waals surface area contributed by atoms with E-state index in [1.54, 1.807) is 0 Å². The molecule has 1 unspecified atom stereocenters. The number of nitrogens with one attached hydrogen (secondary N) is 1. The van der Waals surface area contributed by atoms with E-state index in [1.165, 1.54) is 12.8 Å². The lowest BCUT2D eigenvalue weighted by Gasteiger charge is -2.55. The van der Waals surface area contributed by atoms with Gasteiger partial charge in [-0.05, 0) is 69.4 Å². The number of benzene rings is 1. The van der Waals surface area contributed by atoms with Crippen LogP contribution in [0.15, 0.2) is 24.3 Å². The van der Waals surface area contributed by atoms with Crippen LogP contribution in [0.5, 0.6) is 0 Å². The Bertz CT molecular complexity index is 1010. The molecule has 4 fully saturated rings. The van der Waals surface area contributed by atoms with Crippen LogP contribution >= 0.6 is 0 Å². The largest absolute Gasteiger partial charge is 0.444 e. The molecule has 0 aromatic heterocycles. The third kappa shape index (κ3) is 4.10. The second-order valence-corrected chi connectivity index (χ2v) is 12.5. The van der Waals surface area contributed by atoms with Crippen LogP contribution in [0.1, 0.15) is 58.4 Å². The molecule has 5 aliphatic rings. The van der Waals surface area contributed by atoms with Gasteiger partial charge in [-0.2, -0.15) is 0 Å². The summed E-state index contributed by atoms with van der Waals surface area (Å²) in [6, 6.07) is 8.16. The van der Waals surface area contributed by atoms with E-state index in [2.05, 4.69) is 16.6 Å². The molecule has 9 heteroatoms. The number of piperidine rings is 1.